The average molecular weight is 309 g/mol. The van der Waals surface area contributed by atoms with E-state index in [0.29, 0.717) is 17.1 Å². The third-order valence-corrected chi connectivity index (χ3v) is 3.56. The first-order valence-electron chi connectivity index (χ1n) is 6.39. The van der Waals surface area contributed by atoms with Gasteiger partial charge in [-0.1, -0.05) is 23.7 Å². The minimum absolute atomic E-state index is 0.00499. The van der Waals surface area contributed by atoms with E-state index in [1.54, 1.807) is 6.07 Å². The summed E-state index contributed by atoms with van der Waals surface area (Å²) >= 11 is 6.03. The molecule has 0 radical (unpaired) electrons. The van der Waals surface area contributed by atoms with Gasteiger partial charge in [0.2, 0.25) is 0 Å². The number of rotatable bonds is 5. The van der Waals surface area contributed by atoms with Gasteiger partial charge in [0.05, 0.1) is 4.92 Å². The lowest BCUT2D eigenvalue weighted by molar-refractivity contribution is -0.384. The van der Waals surface area contributed by atoms with Gasteiger partial charge in [-0.15, -0.1) is 0 Å². The lowest BCUT2D eigenvalue weighted by Crippen LogP contribution is -2.18. The maximum absolute atomic E-state index is 13.2. The van der Waals surface area contributed by atoms with Crippen LogP contribution >= 0.6 is 11.6 Å². The van der Waals surface area contributed by atoms with Crippen molar-refractivity contribution in [2.24, 2.45) is 0 Å². The average Bonchev–Trinajstić information content (AvgIpc) is 2.45. The van der Waals surface area contributed by atoms with Crippen LogP contribution in [0.25, 0.3) is 0 Å². The van der Waals surface area contributed by atoms with Gasteiger partial charge in [0.15, 0.2) is 0 Å². The number of halogens is 2. The molecular weight excluding hydrogens is 295 g/mol. The van der Waals surface area contributed by atoms with Gasteiger partial charge in [-0.2, -0.15) is 0 Å². The van der Waals surface area contributed by atoms with E-state index in [4.69, 9.17) is 11.6 Å². The molecule has 0 bridgehead atoms. The standard InChI is InChI=1S/C15H14ClFN2O2/c1-10(11-3-2-4-13(17)7-11)18-9-12-8-14(19(20)21)5-6-15(12)16/h2-8,10,18H,9H2,1H3/t10-/m1/s1. The SMILES string of the molecule is C[C@@H](NCc1cc([N+](=O)[O-])ccc1Cl)c1cccc(F)c1. The van der Waals surface area contributed by atoms with E-state index in [-0.39, 0.29) is 17.5 Å². The molecule has 4 nitrogen and oxygen atoms in total. The van der Waals surface area contributed by atoms with Gasteiger partial charge < -0.3 is 5.32 Å². The van der Waals surface area contributed by atoms with Crippen molar-refractivity contribution in [3.63, 3.8) is 0 Å². The zero-order valence-electron chi connectivity index (χ0n) is 11.3. The molecule has 2 aromatic rings. The summed E-state index contributed by atoms with van der Waals surface area (Å²) in [4.78, 5) is 10.3. The molecule has 1 N–H and O–H groups in total. The van der Waals surface area contributed by atoms with Crippen LogP contribution in [0.4, 0.5) is 10.1 Å². The third-order valence-electron chi connectivity index (χ3n) is 3.19. The van der Waals surface area contributed by atoms with Crippen LogP contribution < -0.4 is 5.32 Å². The number of nitrogens with one attached hydrogen (secondary N) is 1. The summed E-state index contributed by atoms with van der Waals surface area (Å²) in [6, 6.07) is 10.5. The molecule has 0 aliphatic rings. The highest BCUT2D eigenvalue weighted by Crippen LogP contribution is 2.23. The fourth-order valence-electron chi connectivity index (χ4n) is 1.97. The first-order chi connectivity index (χ1) is 9.97. The molecule has 0 heterocycles. The summed E-state index contributed by atoms with van der Waals surface area (Å²) in [6.07, 6.45) is 0. The molecule has 110 valence electrons. The van der Waals surface area contributed by atoms with Crippen molar-refractivity contribution < 1.29 is 9.31 Å². The van der Waals surface area contributed by atoms with Crippen LogP contribution in [0.2, 0.25) is 5.02 Å². The van der Waals surface area contributed by atoms with Crippen molar-refractivity contribution in [2.75, 3.05) is 0 Å². The van der Waals surface area contributed by atoms with E-state index in [0.717, 1.165) is 5.56 Å². The Hall–Kier alpha value is -1.98. The maximum Gasteiger partial charge on any atom is 0.269 e. The quantitative estimate of drug-likeness (QED) is 0.664. The molecule has 2 aromatic carbocycles. The molecule has 21 heavy (non-hydrogen) atoms. The van der Waals surface area contributed by atoms with Crippen LogP contribution in [-0.2, 0) is 6.54 Å². The Bertz CT molecular complexity index is 664. The Morgan fingerprint density at radius 1 is 1.33 bits per heavy atom. The number of nitro benzene ring substituents is 1. The van der Waals surface area contributed by atoms with Crippen molar-refractivity contribution in [3.05, 3.63) is 74.5 Å². The van der Waals surface area contributed by atoms with Gasteiger partial charge >= 0.3 is 0 Å². The Labute approximate surface area is 126 Å². The number of benzene rings is 2. The van der Waals surface area contributed by atoms with Gasteiger partial charge in [0, 0.05) is 29.7 Å². The lowest BCUT2D eigenvalue weighted by atomic mass is 10.1. The van der Waals surface area contributed by atoms with Crippen molar-refractivity contribution in [3.8, 4) is 0 Å². The van der Waals surface area contributed by atoms with E-state index >= 15 is 0 Å². The van der Waals surface area contributed by atoms with Gasteiger partial charge in [-0.05, 0) is 36.2 Å². The van der Waals surface area contributed by atoms with Crippen molar-refractivity contribution in [1.29, 1.82) is 0 Å². The van der Waals surface area contributed by atoms with Crippen molar-refractivity contribution in [2.45, 2.75) is 19.5 Å². The second kappa shape index (κ2) is 6.65. The smallest absolute Gasteiger partial charge is 0.269 e. The van der Waals surface area contributed by atoms with Crippen LogP contribution in [0.3, 0.4) is 0 Å². The molecule has 1 atom stereocenters. The molecule has 0 aliphatic heterocycles. The minimum Gasteiger partial charge on any atom is -0.306 e. The molecular formula is C15H14ClFN2O2. The van der Waals surface area contributed by atoms with Crippen LogP contribution in [0.5, 0.6) is 0 Å². The molecule has 0 fully saturated rings. The molecule has 0 aromatic heterocycles. The monoisotopic (exact) mass is 308 g/mol. The van der Waals surface area contributed by atoms with Crippen LogP contribution in [0, 0.1) is 15.9 Å². The molecule has 6 heteroatoms. The van der Waals surface area contributed by atoms with Gasteiger partial charge in [-0.3, -0.25) is 10.1 Å². The van der Waals surface area contributed by atoms with Crippen LogP contribution in [0.15, 0.2) is 42.5 Å². The Morgan fingerprint density at radius 3 is 2.76 bits per heavy atom. The molecule has 0 saturated carbocycles. The highest BCUT2D eigenvalue weighted by atomic mass is 35.5. The summed E-state index contributed by atoms with van der Waals surface area (Å²) in [6.45, 7) is 2.25. The van der Waals surface area contributed by atoms with Gasteiger partial charge in [0.1, 0.15) is 5.82 Å². The Morgan fingerprint density at radius 2 is 2.10 bits per heavy atom. The van der Waals surface area contributed by atoms with E-state index in [1.807, 2.05) is 13.0 Å². The predicted octanol–water partition coefficient (Wildman–Crippen LogP) is 4.24. The fourth-order valence-corrected chi connectivity index (χ4v) is 2.15. The van der Waals surface area contributed by atoms with Gasteiger partial charge in [0.25, 0.3) is 5.69 Å². The summed E-state index contributed by atoms with van der Waals surface area (Å²) in [5, 5.41) is 14.4. The normalized spacial score (nSPS) is 12.1. The number of nitro groups is 1. The second-order valence-electron chi connectivity index (χ2n) is 4.69. The largest absolute Gasteiger partial charge is 0.306 e. The highest BCUT2D eigenvalue weighted by molar-refractivity contribution is 6.31. The Balaban J connectivity index is 2.09. The van der Waals surface area contributed by atoms with Crippen molar-refractivity contribution in [1.82, 2.24) is 5.32 Å². The number of hydrogen-bond donors (Lipinski definition) is 1. The van der Waals surface area contributed by atoms with E-state index in [9.17, 15) is 14.5 Å². The third kappa shape index (κ3) is 4.00. The topological polar surface area (TPSA) is 55.2 Å². The highest BCUT2D eigenvalue weighted by Gasteiger charge is 2.11. The number of hydrogen-bond acceptors (Lipinski definition) is 3. The zero-order valence-corrected chi connectivity index (χ0v) is 12.1. The van der Waals surface area contributed by atoms with E-state index < -0.39 is 4.92 Å². The predicted molar refractivity (Wildman–Crippen MR) is 79.8 cm³/mol. The summed E-state index contributed by atoms with van der Waals surface area (Å²) < 4.78 is 13.2. The zero-order chi connectivity index (χ0) is 15.4. The maximum atomic E-state index is 13.2. The molecule has 0 aliphatic carbocycles. The van der Waals surface area contributed by atoms with Crippen LogP contribution in [-0.4, -0.2) is 4.92 Å². The number of non-ortho nitro benzene ring substituents is 1. The lowest BCUT2D eigenvalue weighted by Gasteiger charge is -2.15. The fraction of sp³-hybridized carbons (Fsp3) is 0.200. The van der Waals surface area contributed by atoms with E-state index in [1.165, 1.54) is 30.3 Å². The number of nitrogens with zero attached hydrogens (tertiary/aromatic N) is 1. The summed E-state index contributed by atoms with van der Waals surface area (Å²) in [5.41, 5.74) is 1.43. The van der Waals surface area contributed by atoms with Crippen molar-refractivity contribution >= 4 is 17.3 Å². The second-order valence-corrected chi connectivity index (χ2v) is 5.10. The van der Waals surface area contributed by atoms with E-state index in [2.05, 4.69) is 5.32 Å². The molecule has 0 spiro atoms. The first kappa shape index (κ1) is 15.4. The Kier molecular flexibility index (Phi) is 4.88. The summed E-state index contributed by atoms with van der Waals surface area (Å²) in [7, 11) is 0. The molecule has 2 rings (SSSR count). The molecule has 0 unspecified atom stereocenters. The molecule has 0 saturated heterocycles. The summed E-state index contributed by atoms with van der Waals surface area (Å²) in [5.74, 6) is -0.297. The van der Waals surface area contributed by atoms with Gasteiger partial charge in [-0.25, -0.2) is 4.39 Å². The first-order valence-corrected chi connectivity index (χ1v) is 6.77. The van der Waals surface area contributed by atoms with Crippen LogP contribution in [0.1, 0.15) is 24.1 Å². The molecule has 0 amide bonds. The minimum atomic E-state index is -0.462.